The van der Waals surface area contributed by atoms with E-state index in [1.165, 1.54) is 10.9 Å². The van der Waals surface area contributed by atoms with E-state index in [9.17, 15) is 0 Å². The van der Waals surface area contributed by atoms with Gasteiger partial charge in [0.15, 0.2) is 0 Å². The summed E-state index contributed by atoms with van der Waals surface area (Å²) in [5, 5.41) is 2.96. The minimum atomic E-state index is 0.131. The Morgan fingerprint density at radius 1 is 1.40 bits per heavy atom. The van der Waals surface area contributed by atoms with Crippen molar-refractivity contribution in [2.24, 2.45) is 0 Å². The average molecular weight is 287 g/mol. The maximum Gasteiger partial charge on any atom is 0.0471 e. The Kier molecular flexibility index (Phi) is 2.82. The molecule has 1 N–H and O–H groups in total. The first-order chi connectivity index (χ1) is 7.04. The molecule has 0 fully saturated rings. The zero-order valence-electron chi connectivity index (χ0n) is 8.77. The van der Waals surface area contributed by atoms with E-state index in [0.29, 0.717) is 0 Å². The fourth-order valence-corrected chi connectivity index (χ4v) is 2.20. The molecule has 0 saturated heterocycles. The second-order valence-electron chi connectivity index (χ2n) is 4.41. The van der Waals surface area contributed by atoms with Crippen LogP contribution in [0.1, 0.15) is 19.4 Å². The molecule has 0 aliphatic carbocycles. The molecule has 1 aromatic carbocycles. The molecule has 15 heavy (non-hydrogen) atoms. The largest absolute Gasteiger partial charge is 0.361 e. The van der Waals surface area contributed by atoms with Crippen molar-refractivity contribution in [3.63, 3.8) is 0 Å². The topological polar surface area (TPSA) is 15.8 Å². The van der Waals surface area contributed by atoms with Gasteiger partial charge >= 0.3 is 0 Å². The number of aromatic amines is 1. The Morgan fingerprint density at radius 3 is 2.80 bits per heavy atom. The number of fused-ring (bicyclic) bond motifs is 1. The molecular formula is C12H13BrClN. The number of nitrogens with one attached hydrogen (secondary N) is 1. The molecule has 1 heterocycles. The van der Waals surface area contributed by atoms with Crippen LogP contribution in [0.2, 0.25) is 5.02 Å². The molecule has 0 bridgehead atoms. The summed E-state index contributed by atoms with van der Waals surface area (Å²) in [6, 6.07) is 5.98. The summed E-state index contributed by atoms with van der Waals surface area (Å²) in [7, 11) is 0. The van der Waals surface area contributed by atoms with Gasteiger partial charge in [-0.25, -0.2) is 0 Å². The van der Waals surface area contributed by atoms with Gasteiger partial charge in [-0.1, -0.05) is 47.4 Å². The molecule has 80 valence electrons. The Hall–Kier alpha value is -0.470. The van der Waals surface area contributed by atoms with Crippen LogP contribution in [0.3, 0.4) is 0 Å². The third kappa shape index (κ3) is 1.93. The Balaban J connectivity index is 2.64. The van der Waals surface area contributed by atoms with Gasteiger partial charge in [0, 0.05) is 32.9 Å². The zero-order chi connectivity index (χ0) is 11.1. The number of benzene rings is 1. The summed E-state index contributed by atoms with van der Waals surface area (Å²) < 4.78 is 0. The molecule has 0 aliphatic rings. The maximum absolute atomic E-state index is 5.95. The summed E-state index contributed by atoms with van der Waals surface area (Å²) in [6.45, 7) is 4.44. The van der Waals surface area contributed by atoms with Crippen molar-refractivity contribution in [2.75, 3.05) is 5.33 Å². The van der Waals surface area contributed by atoms with Crippen LogP contribution in [0.5, 0.6) is 0 Å². The van der Waals surface area contributed by atoms with Crippen LogP contribution in [0.25, 0.3) is 10.9 Å². The summed E-state index contributed by atoms with van der Waals surface area (Å²) in [6.07, 6.45) is 2.07. The third-order valence-corrected chi connectivity index (χ3v) is 4.34. The molecule has 1 nitrogen and oxygen atoms in total. The normalized spacial score (nSPS) is 12.3. The highest BCUT2D eigenvalue weighted by atomic mass is 79.9. The van der Waals surface area contributed by atoms with Crippen LogP contribution in [0.4, 0.5) is 0 Å². The fraction of sp³-hybridized carbons (Fsp3) is 0.333. The van der Waals surface area contributed by atoms with Gasteiger partial charge in [0.25, 0.3) is 0 Å². The molecule has 0 spiro atoms. The van der Waals surface area contributed by atoms with E-state index in [2.05, 4.69) is 47.0 Å². The van der Waals surface area contributed by atoms with Crippen LogP contribution in [-0.2, 0) is 5.41 Å². The Morgan fingerprint density at radius 2 is 2.13 bits per heavy atom. The molecule has 0 amide bonds. The second-order valence-corrected chi connectivity index (χ2v) is 5.41. The molecule has 1 aromatic heterocycles. The SMILES string of the molecule is CC(C)(CBr)c1c[nH]c2cc(Cl)ccc12. The summed E-state index contributed by atoms with van der Waals surface area (Å²) >= 11 is 9.50. The Labute approximate surface area is 103 Å². The standard InChI is InChI=1S/C12H13BrClN/c1-12(2,7-13)10-6-15-11-5-8(14)3-4-9(10)11/h3-6,15H,7H2,1-2H3. The third-order valence-electron chi connectivity index (χ3n) is 2.71. The molecule has 2 aromatic rings. The Bertz CT molecular complexity index is 487. The lowest BCUT2D eigenvalue weighted by molar-refractivity contribution is 0.612. The number of hydrogen-bond acceptors (Lipinski definition) is 0. The molecule has 3 heteroatoms. The van der Waals surface area contributed by atoms with E-state index in [1.807, 2.05) is 12.1 Å². The smallest absolute Gasteiger partial charge is 0.0471 e. The highest BCUT2D eigenvalue weighted by Crippen LogP contribution is 2.32. The molecule has 0 aliphatic heterocycles. The minimum absolute atomic E-state index is 0.131. The van der Waals surface area contributed by atoms with Crippen molar-refractivity contribution in [2.45, 2.75) is 19.3 Å². The number of hydrogen-bond donors (Lipinski definition) is 1. The van der Waals surface area contributed by atoms with Crippen molar-refractivity contribution >= 4 is 38.4 Å². The highest BCUT2D eigenvalue weighted by molar-refractivity contribution is 9.09. The van der Waals surface area contributed by atoms with Gasteiger partial charge in [0.2, 0.25) is 0 Å². The van der Waals surface area contributed by atoms with Gasteiger partial charge in [-0.15, -0.1) is 0 Å². The lowest BCUT2D eigenvalue weighted by atomic mass is 9.87. The summed E-state index contributed by atoms with van der Waals surface area (Å²) in [5.74, 6) is 0. The van der Waals surface area contributed by atoms with Crippen LogP contribution in [0.15, 0.2) is 24.4 Å². The van der Waals surface area contributed by atoms with Gasteiger partial charge in [-0.05, 0) is 17.7 Å². The summed E-state index contributed by atoms with van der Waals surface area (Å²) in [4.78, 5) is 3.26. The number of halogens is 2. The quantitative estimate of drug-likeness (QED) is 0.783. The van der Waals surface area contributed by atoms with Gasteiger partial charge in [0.1, 0.15) is 0 Å². The first-order valence-corrected chi connectivity index (χ1v) is 6.37. The molecule has 2 rings (SSSR count). The van der Waals surface area contributed by atoms with Crippen LogP contribution in [-0.4, -0.2) is 10.3 Å². The number of rotatable bonds is 2. The number of aromatic nitrogens is 1. The van der Waals surface area contributed by atoms with Crippen molar-refractivity contribution in [1.82, 2.24) is 4.98 Å². The van der Waals surface area contributed by atoms with E-state index in [1.54, 1.807) is 0 Å². The predicted molar refractivity (Wildman–Crippen MR) is 70.1 cm³/mol. The van der Waals surface area contributed by atoms with Crippen molar-refractivity contribution < 1.29 is 0 Å². The van der Waals surface area contributed by atoms with Crippen molar-refractivity contribution in [3.8, 4) is 0 Å². The van der Waals surface area contributed by atoms with E-state index < -0.39 is 0 Å². The second kappa shape index (κ2) is 3.84. The van der Waals surface area contributed by atoms with E-state index in [0.717, 1.165) is 15.9 Å². The van der Waals surface area contributed by atoms with Crippen LogP contribution >= 0.6 is 27.5 Å². The van der Waals surface area contributed by atoms with E-state index >= 15 is 0 Å². The maximum atomic E-state index is 5.95. The molecule has 0 saturated carbocycles. The molecule has 0 radical (unpaired) electrons. The average Bonchev–Trinajstić information content (AvgIpc) is 2.61. The lowest BCUT2D eigenvalue weighted by Gasteiger charge is -2.20. The highest BCUT2D eigenvalue weighted by Gasteiger charge is 2.22. The van der Waals surface area contributed by atoms with Crippen LogP contribution < -0.4 is 0 Å². The summed E-state index contributed by atoms with van der Waals surface area (Å²) in [5.41, 5.74) is 2.56. The zero-order valence-corrected chi connectivity index (χ0v) is 11.1. The number of alkyl halides is 1. The van der Waals surface area contributed by atoms with Crippen LogP contribution in [0, 0.1) is 0 Å². The molecular weight excluding hydrogens is 273 g/mol. The monoisotopic (exact) mass is 285 g/mol. The van der Waals surface area contributed by atoms with E-state index in [4.69, 9.17) is 11.6 Å². The van der Waals surface area contributed by atoms with Gasteiger partial charge in [0.05, 0.1) is 0 Å². The van der Waals surface area contributed by atoms with Gasteiger partial charge in [-0.3, -0.25) is 0 Å². The predicted octanol–water partition coefficient (Wildman–Crippen LogP) is 4.49. The minimum Gasteiger partial charge on any atom is -0.361 e. The molecule has 0 unspecified atom stereocenters. The van der Waals surface area contributed by atoms with Gasteiger partial charge < -0.3 is 4.98 Å². The van der Waals surface area contributed by atoms with Crippen molar-refractivity contribution in [1.29, 1.82) is 0 Å². The number of H-pyrrole nitrogens is 1. The van der Waals surface area contributed by atoms with E-state index in [-0.39, 0.29) is 5.41 Å². The van der Waals surface area contributed by atoms with Gasteiger partial charge in [-0.2, -0.15) is 0 Å². The lowest BCUT2D eigenvalue weighted by Crippen LogP contribution is -2.18. The van der Waals surface area contributed by atoms with Crippen molar-refractivity contribution in [3.05, 3.63) is 35.0 Å². The molecule has 0 atom stereocenters. The first kappa shape index (κ1) is 11.0. The fourth-order valence-electron chi connectivity index (χ4n) is 1.73. The first-order valence-electron chi connectivity index (χ1n) is 4.88.